The Labute approximate surface area is 176 Å². The Morgan fingerprint density at radius 3 is 2.62 bits per heavy atom. The van der Waals surface area contributed by atoms with E-state index in [0.717, 1.165) is 38.4 Å². The third-order valence-corrected chi connectivity index (χ3v) is 6.29. The summed E-state index contributed by atoms with van der Waals surface area (Å²) in [5, 5.41) is 3.33. The second-order valence-corrected chi connectivity index (χ2v) is 8.93. The van der Waals surface area contributed by atoms with E-state index >= 15 is 0 Å². The number of rotatable bonds is 7. The molecule has 0 spiro atoms. The van der Waals surface area contributed by atoms with Crippen molar-refractivity contribution in [3.63, 3.8) is 0 Å². The van der Waals surface area contributed by atoms with E-state index in [9.17, 15) is 9.59 Å². The maximum atomic E-state index is 12.3. The maximum absolute atomic E-state index is 12.3. The third-order valence-electron chi connectivity index (χ3n) is 6.07. The number of piperidine rings is 1. The van der Waals surface area contributed by atoms with Gasteiger partial charge in [0.1, 0.15) is 12.3 Å². The zero-order valence-corrected chi connectivity index (χ0v) is 17.4. The molecule has 2 saturated heterocycles. The van der Waals surface area contributed by atoms with E-state index in [1.54, 1.807) is 12.1 Å². The van der Waals surface area contributed by atoms with Crippen LogP contribution < -0.4 is 5.32 Å². The minimum absolute atomic E-state index is 0.0485. The number of aromatic nitrogens is 1. The summed E-state index contributed by atoms with van der Waals surface area (Å²) in [7, 11) is 0. The summed E-state index contributed by atoms with van der Waals surface area (Å²) in [6.07, 6.45) is 6.35. The second kappa shape index (κ2) is 9.41. The lowest BCUT2D eigenvalue weighted by molar-refractivity contribution is -0.149. The van der Waals surface area contributed by atoms with Gasteiger partial charge < -0.3 is 19.9 Å². The first-order valence-electron chi connectivity index (χ1n) is 10.6. The van der Waals surface area contributed by atoms with Gasteiger partial charge in [-0.05, 0) is 62.7 Å². The third kappa shape index (κ3) is 5.90. The molecule has 0 bridgehead atoms. The van der Waals surface area contributed by atoms with Crippen LogP contribution in [-0.4, -0.2) is 78.6 Å². The van der Waals surface area contributed by atoms with Gasteiger partial charge in [0.05, 0.1) is 11.1 Å². The number of carbonyl (C=O) groups excluding carboxylic acids is 2. The van der Waals surface area contributed by atoms with Crippen molar-refractivity contribution >= 4 is 23.4 Å². The molecule has 2 aliphatic heterocycles. The predicted molar refractivity (Wildman–Crippen MR) is 110 cm³/mol. The minimum Gasteiger partial charge on any atom is -0.365 e. The van der Waals surface area contributed by atoms with Crippen LogP contribution >= 0.6 is 11.6 Å². The molecule has 7 nitrogen and oxygen atoms in total. The van der Waals surface area contributed by atoms with Gasteiger partial charge in [-0.1, -0.05) is 11.6 Å². The van der Waals surface area contributed by atoms with E-state index in [0.29, 0.717) is 29.7 Å². The highest BCUT2D eigenvalue weighted by Crippen LogP contribution is 2.31. The van der Waals surface area contributed by atoms with Gasteiger partial charge in [-0.2, -0.15) is 0 Å². The van der Waals surface area contributed by atoms with Crippen LogP contribution in [0.2, 0.25) is 5.02 Å². The summed E-state index contributed by atoms with van der Waals surface area (Å²) in [6.45, 7) is 5.30. The number of nitrogens with zero attached hydrogens (tertiary/aromatic N) is 3. The highest BCUT2D eigenvalue weighted by molar-refractivity contribution is 6.30. The van der Waals surface area contributed by atoms with Crippen molar-refractivity contribution in [2.75, 3.05) is 45.9 Å². The Morgan fingerprint density at radius 2 is 1.93 bits per heavy atom. The number of amides is 2. The highest BCUT2D eigenvalue weighted by Gasteiger charge is 2.31. The summed E-state index contributed by atoms with van der Waals surface area (Å²) in [5.74, 6) is 1.27. The van der Waals surface area contributed by atoms with Crippen LogP contribution in [0.3, 0.4) is 0 Å². The van der Waals surface area contributed by atoms with Gasteiger partial charge in [0.25, 0.3) is 5.91 Å². The van der Waals surface area contributed by atoms with Crippen molar-refractivity contribution in [1.82, 2.24) is 20.1 Å². The molecule has 2 amide bonds. The van der Waals surface area contributed by atoms with Gasteiger partial charge in [0.2, 0.25) is 5.91 Å². The molecule has 0 aromatic carbocycles. The average Bonchev–Trinajstić information content (AvgIpc) is 3.54. The molecule has 1 aromatic heterocycles. The van der Waals surface area contributed by atoms with Gasteiger partial charge in [-0.3, -0.25) is 9.59 Å². The van der Waals surface area contributed by atoms with Gasteiger partial charge in [-0.25, -0.2) is 4.98 Å². The van der Waals surface area contributed by atoms with Crippen LogP contribution in [-0.2, 0) is 9.53 Å². The molecule has 1 saturated carbocycles. The summed E-state index contributed by atoms with van der Waals surface area (Å²) < 4.78 is 5.63. The van der Waals surface area contributed by atoms with Crippen LogP contribution in [0.1, 0.15) is 36.2 Å². The molecule has 3 heterocycles. The number of nitrogens with one attached hydrogen (secondary N) is 1. The van der Waals surface area contributed by atoms with Crippen LogP contribution in [0.15, 0.2) is 18.3 Å². The Bertz CT molecular complexity index is 717. The van der Waals surface area contributed by atoms with Crippen molar-refractivity contribution < 1.29 is 14.3 Å². The van der Waals surface area contributed by atoms with Gasteiger partial charge in [-0.15, -0.1) is 0 Å². The van der Waals surface area contributed by atoms with Crippen molar-refractivity contribution in [3.8, 4) is 0 Å². The number of hydrogen-bond donors (Lipinski definition) is 1. The lowest BCUT2D eigenvalue weighted by atomic mass is 9.95. The quantitative estimate of drug-likeness (QED) is 0.728. The number of morpholine rings is 1. The highest BCUT2D eigenvalue weighted by atomic mass is 35.5. The fourth-order valence-electron chi connectivity index (χ4n) is 4.12. The van der Waals surface area contributed by atoms with Gasteiger partial charge in [0, 0.05) is 32.4 Å². The molecule has 0 unspecified atom stereocenters. The molecule has 0 radical (unpaired) electrons. The van der Waals surface area contributed by atoms with Crippen molar-refractivity contribution in [2.24, 2.45) is 11.8 Å². The van der Waals surface area contributed by atoms with Crippen molar-refractivity contribution in [1.29, 1.82) is 0 Å². The van der Waals surface area contributed by atoms with Crippen LogP contribution in [0, 0.1) is 11.8 Å². The number of hydrogen-bond acceptors (Lipinski definition) is 5. The van der Waals surface area contributed by atoms with E-state index < -0.39 is 0 Å². The molecule has 1 N–H and O–H groups in total. The van der Waals surface area contributed by atoms with Crippen molar-refractivity contribution in [2.45, 2.75) is 31.8 Å². The first kappa shape index (κ1) is 20.6. The second-order valence-electron chi connectivity index (χ2n) is 8.49. The molecule has 3 fully saturated rings. The smallest absolute Gasteiger partial charge is 0.269 e. The van der Waals surface area contributed by atoms with E-state index in [2.05, 4.69) is 15.2 Å². The average molecular weight is 421 g/mol. The van der Waals surface area contributed by atoms with Crippen LogP contribution in [0.25, 0.3) is 0 Å². The van der Waals surface area contributed by atoms with Gasteiger partial charge in [0.15, 0.2) is 0 Å². The van der Waals surface area contributed by atoms with Crippen LogP contribution in [0.5, 0.6) is 0 Å². The first-order valence-corrected chi connectivity index (χ1v) is 11.0. The molecule has 8 heteroatoms. The normalized spacial score (nSPS) is 24.0. The summed E-state index contributed by atoms with van der Waals surface area (Å²) in [4.78, 5) is 33.0. The zero-order valence-electron chi connectivity index (χ0n) is 16.7. The number of halogens is 1. The topological polar surface area (TPSA) is 74.8 Å². The fourth-order valence-corrected chi connectivity index (χ4v) is 4.23. The lowest BCUT2D eigenvalue weighted by Gasteiger charge is -2.38. The zero-order chi connectivity index (χ0) is 20.2. The summed E-state index contributed by atoms with van der Waals surface area (Å²) in [6, 6.07) is 3.22. The van der Waals surface area contributed by atoms with Crippen LogP contribution in [0.4, 0.5) is 0 Å². The standard InChI is InChI=1S/C21H29ClN4O3/c22-17-3-4-19(23-9-17)21(28)24-10-18-13-26(20(27)14-29-18)12-16-5-7-25(8-6-16)11-15-1-2-15/h3-4,9,15-16,18H,1-2,5-8,10-14H2,(H,24,28)/t18-/m1/s1. The molecule has 1 aliphatic carbocycles. The molecule has 29 heavy (non-hydrogen) atoms. The molecular weight excluding hydrogens is 392 g/mol. The Morgan fingerprint density at radius 1 is 1.17 bits per heavy atom. The Balaban J connectivity index is 1.21. The van der Waals surface area contributed by atoms with E-state index in [1.807, 2.05) is 4.90 Å². The Hall–Kier alpha value is -1.70. The molecular formula is C21H29ClN4O3. The molecule has 158 valence electrons. The lowest BCUT2D eigenvalue weighted by Crippen LogP contribution is -2.52. The summed E-state index contributed by atoms with van der Waals surface area (Å²) in [5.41, 5.74) is 0.316. The monoisotopic (exact) mass is 420 g/mol. The number of pyridine rings is 1. The molecule has 4 rings (SSSR count). The maximum Gasteiger partial charge on any atom is 0.269 e. The Kier molecular flexibility index (Phi) is 6.67. The fraction of sp³-hybridized carbons (Fsp3) is 0.667. The number of likely N-dealkylation sites (tertiary alicyclic amines) is 1. The largest absolute Gasteiger partial charge is 0.365 e. The predicted octanol–water partition coefficient (Wildman–Crippen LogP) is 1.81. The first-order chi connectivity index (χ1) is 14.1. The number of ether oxygens (including phenoxy) is 1. The van der Waals surface area contributed by atoms with E-state index in [1.165, 1.54) is 25.6 Å². The summed E-state index contributed by atoms with van der Waals surface area (Å²) >= 11 is 5.80. The molecule has 1 atom stereocenters. The van der Waals surface area contributed by atoms with Gasteiger partial charge >= 0.3 is 0 Å². The SMILES string of the molecule is O=C(NC[C@@H]1CN(CC2CCN(CC3CC3)CC2)C(=O)CO1)c1ccc(Cl)cn1. The molecule has 1 aromatic rings. The number of carbonyl (C=O) groups is 2. The van der Waals surface area contributed by atoms with E-state index in [-0.39, 0.29) is 24.5 Å². The van der Waals surface area contributed by atoms with E-state index in [4.69, 9.17) is 16.3 Å². The minimum atomic E-state index is -0.267. The van der Waals surface area contributed by atoms with Crippen molar-refractivity contribution in [3.05, 3.63) is 29.0 Å². The molecule has 3 aliphatic rings.